The topological polar surface area (TPSA) is 49.4 Å². The molecule has 2 amide bonds. The quantitative estimate of drug-likeness (QED) is 0.843. The minimum absolute atomic E-state index is 0.0896. The van der Waals surface area contributed by atoms with E-state index in [1.54, 1.807) is 4.90 Å². The van der Waals surface area contributed by atoms with Crippen molar-refractivity contribution in [1.29, 1.82) is 0 Å². The Morgan fingerprint density at radius 2 is 2.32 bits per heavy atom. The van der Waals surface area contributed by atoms with Gasteiger partial charge >= 0.3 is 0 Å². The minimum Gasteiger partial charge on any atom is -0.333 e. The normalized spacial score (nSPS) is 18.4. The van der Waals surface area contributed by atoms with E-state index >= 15 is 0 Å². The molecule has 2 rings (SSSR count). The number of anilines is 1. The Bertz CT molecular complexity index is 485. The van der Waals surface area contributed by atoms with Gasteiger partial charge < -0.3 is 10.2 Å². The second-order valence-corrected chi connectivity index (χ2v) is 4.99. The van der Waals surface area contributed by atoms with Gasteiger partial charge in [0.25, 0.3) is 0 Å². The summed E-state index contributed by atoms with van der Waals surface area (Å²) in [6.07, 6.45) is 3.39. The zero-order valence-corrected chi connectivity index (χ0v) is 11.5. The van der Waals surface area contributed by atoms with E-state index in [9.17, 15) is 9.59 Å². The van der Waals surface area contributed by atoms with Crippen LogP contribution in [0.25, 0.3) is 0 Å². The maximum Gasteiger partial charge on any atom is 0.247 e. The Hall–Kier alpha value is -1.84. The summed E-state index contributed by atoms with van der Waals surface area (Å²) in [5, 5.41) is 2.90. The van der Waals surface area contributed by atoms with Crippen molar-refractivity contribution >= 4 is 18.0 Å². The van der Waals surface area contributed by atoms with Crippen LogP contribution in [0.2, 0.25) is 0 Å². The lowest BCUT2D eigenvalue weighted by Gasteiger charge is -2.19. The summed E-state index contributed by atoms with van der Waals surface area (Å²) >= 11 is 0. The number of nitrogens with one attached hydrogen (secondary N) is 1. The van der Waals surface area contributed by atoms with Gasteiger partial charge in [-0.15, -0.1) is 0 Å². The molecule has 4 heteroatoms. The van der Waals surface area contributed by atoms with Gasteiger partial charge in [-0.25, -0.2) is 0 Å². The van der Waals surface area contributed by atoms with Gasteiger partial charge in [0.15, 0.2) is 0 Å². The van der Waals surface area contributed by atoms with Crippen molar-refractivity contribution in [2.45, 2.75) is 39.2 Å². The highest BCUT2D eigenvalue weighted by Gasteiger charge is 2.29. The van der Waals surface area contributed by atoms with Gasteiger partial charge in [-0.1, -0.05) is 13.0 Å². The van der Waals surface area contributed by atoms with Crippen LogP contribution in [0.1, 0.15) is 30.9 Å². The first-order valence-electron chi connectivity index (χ1n) is 6.77. The summed E-state index contributed by atoms with van der Waals surface area (Å²) in [5.41, 5.74) is 3.27. The highest BCUT2D eigenvalue weighted by atomic mass is 16.2. The van der Waals surface area contributed by atoms with Crippen molar-refractivity contribution in [2.75, 3.05) is 11.9 Å². The van der Waals surface area contributed by atoms with Gasteiger partial charge in [0, 0.05) is 12.2 Å². The fourth-order valence-electron chi connectivity index (χ4n) is 2.59. The van der Waals surface area contributed by atoms with Crippen molar-refractivity contribution in [3.05, 3.63) is 29.3 Å². The maximum atomic E-state index is 12.1. The zero-order valence-electron chi connectivity index (χ0n) is 11.5. The second kappa shape index (κ2) is 5.87. The summed E-state index contributed by atoms with van der Waals surface area (Å²) in [6.45, 7) is 4.83. The van der Waals surface area contributed by atoms with E-state index in [2.05, 4.69) is 12.2 Å². The lowest BCUT2D eigenvalue weighted by atomic mass is 10.1. The van der Waals surface area contributed by atoms with Crippen molar-refractivity contribution in [2.24, 2.45) is 0 Å². The van der Waals surface area contributed by atoms with Crippen molar-refractivity contribution in [1.82, 2.24) is 4.90 Å². The van der Waals surface area contributed by atoms with Crippen LogP contribution in [0.4, 0.5) is 5.69 Å². The van der Waals surface area contributed by atoms with E-state index in [4.69, 9.17) is 0 Å². The van der Waals surface area contributed by atoms with E-state index in [1.807, 2.05) is 25.1 Å². The van der Waals surface area contributed by atoms with Crippen LogP contribution in [-0.4, -0.2) is 29.8 Å². The highest BCUT2D eigenvalue weighted by molar-refractivity contribution is 5.96. The molecule has 1 heterocycles. The van der Waals surface area contributed by atoms with Crippen LogP contribution in [-0.2, 0) is 16.0 Å². The van der Waals surface area contributed by atoms with Gasteiger partial charge in [0.2, 0.25) is 12.3 Å². The average Bonchev–Trinajstić information content (AvgIpc) is 2.87. The number of likely N-dealkylation sites (tertiary alicyclic amines) is 1. The molecule has 1 fully saturated rings. The number of rotatable bonds is 4. The maximum absolute atomic E-state index is 12.1. The molecule has 102 valence electrons. The third-order valence-corrected chi connectivity index (χ3v) is 3.72. The molecule has 1 unspecified atom stereocenters. The molecule has 1 aromatic carbocycles. The van der Waals surface area contributed by atoms with Gasteiger partial charge in [-0.2, -0.15) is 0 Å². The van der Waals surface area contributed by atoms with Crippen LogP contribution in [0.5, 0.6) is 0 Å². The second-order valence-electron chi connectivity index (χ2n) is 4.99. The van der Waals surface area contributed by atoms with E-state index in [1.165, 1.54) is 11.1 Å². The molecular formula is C15H20N2O2. The molecule has 1 atom stereocenters. The molecule has 0 saturated carbocycles. The van der Waals surface area contributed by atoms with Crippen LogP contribution < -0.4 is 5.32 Å². The number of amides is 2. The molecule has 1 aromatic rings. The van der Waals surface area contributed by atoms with Crippen LogP contribution >= 0.6 is 0 Å². The Morgan fingerprint density at radius 3 is 2.95 bits per heavy atom. The molecule has 0 bridgehead atoms. The number of hydrogen-bond donors (Lipinski definition) is 1. The summed E-state index contributed by atoms with van der Waals surface area (Å²) in [4.78, 5) is 24.6. The molecular weight excluding hydrogens is 240 g/mol. The molecule has 19 heavy (non-hydrogen) atoms. The summed E-state index contributed by atoms with van der Waals surface area (Å²) in [7, 11) is 0. The van der Waals surface area contributed by atoms with Gasteiger partial charge in [0.05, 0.1) is 0 Å². The van der Waals surface area contributed by atoms with Gasteiger partial charge in [-0.3, -0.25) is 9.59 Å². The molecule has 0 aromatic heterocycles. The third kappa shape index (κ3) is 2.95. The van der Waals surface area contributed by atoms with Crippen LogP contribution in [0.3, 0.4) is 0 Å². The molecule has 0 aliphatic carbocycles. The average molecular weight is 260 g/mol. The molecule has 1 aliphatic rings. The first-order valence-corrected chi connectivity index (χ1v) is 6.77. The molecule has 1 aliphatic heterocycles. The Kier molecular flexibility index (Phi) is 4.20. The van der Waals surface area contributed by atoms with E-state index in [0.29, 0.717) is 6.54 Å². The SMILES string of the molecule is CCc1ccc(NC(=O)C2CCCN2C=O)cc1C. The number of aryl methyl sites for hydroxylation is 2. The summed E-state index contributed by atoms with van der Waals surface area (Å²) in [5.74, 6) is -0.0896. The predicted octanol–water partition coefficient (Wildman–Crippen LogP) is 2.12. The monoisotopic (exact) mass is 260 g/mol. The fourth-order valence-corrected chi connectivity index (χ4v) is 2.59. The lowest BCUT2D eigenvalue weighted by molar-refractivity contribution is -0.127. The third-order valence-electron chi connectivity index (χ3n) is 3.72. The Morgan fingerprint density at radius 1 is 1.53 bits per heavy atom. The first kappa shape index (κ1) is 13.6. The molecule has 0 radical (unpaired) electrons. The zero-order chi connectivity index (χ0) is 13.8. The van der Waals surface area contributed by atoms with E-state index in [-0.39, 0.29) is 11.9 Å². The van der Waals surface area contributed by atoms with Gasteiger partial charge in [-0.05, 0) is 49.4 Å². The van der Waals surface area contributed by atoms with Crippen LogP contribution in [0.15, 0.2) is 18.2 Å². The number of carbonyl (C=O) groups is 2. The number of carbonyl (C=O) groups excluding carboxylic acids is 2. The standard InChI is InChI=1S/C15H20N2O2/c1-3-12-6-7-13(9-11(12)2)16-15(19)14-5-4-8-17(14)10-18/h6-7,9-10,14H,3-5,8H2,1-2H3,(H,16,19). The molecule has 1 saturated heterocycles. The highest BCUT2D eigenvalue weighted by Crippen LogP contribution is 2.19. The summed E-state index contributed by atoms with van der Waals surface area (Å²) < 4.78 is 0. The molecule has 4 nitrogen and oxygen atoms in total. The number of benzene rings is 1. The first-order chi connectivity index (χ1) is 9.15. The van der Waals surface area contributed by atoms with Crippen molar-refractivity contribution in [3.63, 3.8) is 0 Å². The number of hydrogen-bond acceptors (Lipinski definition) is 2. The Labute approximate surface area is 113 Å². The van der Waals surface area contributed by atoms with Crippen molar-refractivity contribution < 1.29 is 9.59 Å². The smallest absolute Gasteiger partial charge is 0.247 e. The Balaban J connectivity index is 2.06. The van der Waals surface area contributed by atoms with Crippen LogP contribution in [0, 0.1) is 6.92 Å². The summed E-state index contributed by atoms with van der Waals surface area (Å²) in [6, 6.07) is 5.63. The van der Waals surface area contributed by atoms with E-state index < -0.39 is 0 Å². The minimum atomic E-state index is -0.316. The fraction of sp³-hybridized carbons (Fsp3) is 0.467. The molecule has 0 spiro atoms. The van der Waals surface area contributed by atoms with E-state index in [0.717, 1.165) is 31.4 Å². The number of nitrogens with zero attached hydrogens (tertiary/aromatic N) is 1. The van der Waals surface area contributed by atoms with Gasteiger partial charge in [0.1, 0.15) is 6.04 Å². The lowest BCUT2D eigenvalue weighted by Crippen LogP contribution is -2.38. The predicted molar refractivity (Wildman–Crippen MR) is 75.0 cm³/mol. The molecule has 1 N–H and O–H groups in total. The van der Waals surface area contributed by atoms with Crippen molar-refractivity contribution in [3.8, 4) is 0 Å². The largest absolute Gasteiger partial charge is 0.333 e.